The third kappa shape index (κ3) is 2.46. The van der Waals surface area contributed by atoms with Gasteiger partial charge in [-0.15, -0.1) is 0 Å². The number of hydrogen-bond acceptors (Lipinski definition) is 9. The summed E-state index contributed by atoms with van der Waals surface area (Å²) in [6, 6.07) is -0.130. The second kappa shape index (κ2) is 7.04. The second-order valence-electron chi connectivity index (χ2n) is 14.2. The number of aliphatic hydroxyl groups excluding tert-OH is 4. The fourth-order valence-electron chi connectivity index (χ4n) is 11.4. The van der Waals surface area contributed by atoms with Gasteiger partial charge in [-0.25, -0.2) is 0 Å². The van der Waals surface area contributed by atoms with Gasteiger partial charge in [-0.2, -0.15) is 0 Å². The van der Waals surface area contributed by atoms with E-state index in [1.54, 1.807) is 6.92 Å². The van der Waals surface area contributed by atoms with Crippen molar-refractivity contribution < 1.29 is 40.5 Å². The maximum absolute atomic E-state index is 12.5. The minimum atomic E-state index is -1.85. The molecule has 7 N–H and O–H groups in total. The maximum atomic E-state index is 12.5. The number of aliphatic hydroxyl groups is 7. The highest BCUT2D eigenvalue weighted by Gasteiger charge is 2.86. The van der Waals surface area contributed by atoms with E-state index in [-0.39, 0.29) is 18.4 Å². The van der Waals surface area contributed by atoms with Crippen LogP contribution < -0.4 is 0 Å². The molecular formula is C27H43NO8. The van der Waals surface area contributed by atoms with Gasteiger partial charge in [-0.1, -0.05) is 13.8 Å². The summed E-state index contributed by atoms with van der Waals surface area (Å²) in [5.74, 6) is -4.29. The van der Waals surface area contributed by atoms with Gasteiger partial charge in [0.05, 0.1) is 23.4 Å². The van der Waals surface area contributed by atoms with Crippen LogP contribution in [-0.2, 0) is 4.74 Å². The number of rotatable bonds is 0. The van der Waals surface area contributed by atoms with E-state index >= 15 is 0 Å². The zero-order chi connectivity index (χ0) is 25.8. The van der Waals surface area contributed by atoms with Gasteiger partial charge in [0, 0.05) is 42.3 Å². The van der Waals surface area contributed by atoms with Crippen molar-refractivity contribution in [1.29, 1.82) is 0 Å². The Morgan fingerprint density at radius 2 is 1.67 bits per heavy atom. The molecule has 36 heavy (non-hydrogen) atoms. The zero-order valence-corrected chi connectivity index (χ0v) is 21.5. The van der Waals surface area contributed by atoms with Crippen LogP contribution in [-0.4, -0.2) is 107 Å². The van der Waals surface area contributed by atoms with Crippen molar-refractivity contribution in [1.82, 2.24) is 4.90 Å². The van der Waals surface area contributed by atoms with Crippen LogP contribution in [0, 0.1) is 40.9 Å². The molecule has 1 unspecified atom stereocenters. The molecule has 3 heterocycles. The molecule has 0 radical (unpaired) electrons. The number of ether oxygens (including phenoxy) is 1. The first kappa shape index (κ1) is 24.7. The van der Waals surface area contributed by atoms with Crippen LogP contribution in [0.1, 0.15) is 59.3 Å². The third-order valence-electron chi connectivity index (χ3n) is 12.8. The first-order valence-electron chi connectivity index (χ1n) is 14.1. The molecule has 4 aliphatic carbocycles. The minimum absolute atomic E-state index is 0.130. The molecule has 204 valence electrons. The van der Waals surface area contributed by atoms with Gasteiger partial charge in [-0.05, 0) is 63.2 Å². The van der Waals surface area contributed by atoms with Gasteiger partial charge in [0.1, 0.15) is 17.8 Å². The highest BCUT2D eigenvalue weighted by atomic mass is 16.7. The lowest BCUT2D eigenvalue weighted by atomic mass is 9.49. The summed E-state index contributed by atoms with van der Waals surface area (Å²) in [5, 5.41) is 81.4. The quantitative estimate of drug-likeness (QED) is 0.222. The molecular weight excluding hydrogens is 466 g/mol. The molecule has 3 aliphatic heterocycles. The molecule has 7 fully saturated rings. The summed E-state index contributed by atoms with van der Waals surface area (Å²) in [6.45, 7) is 7.40. The van der Waals surface area contributed by atoms with Gasteiger partial charge < -0.3 is 40.5 Å². The Morgan fingerprint density at radius 1 is 0.944 bits per heavy atom. The van der Waals surface area contributed by atoms with Crippen LogP contribution in [0.4, 0.5) is 0 Å². The Labute approximate surface area is 212 Å². The Morgan fingerprint density at radius 3 is 2.39 bits per heavy atom. The van der Waals surface area contributed by atoms with E-state index in [0.29, 0.717) is 31.7 Å². The zero-order valence-electron chi connectivity index (χ0n) is 21.5. The highest BCUT2D eigenvalue weighted by Crippen LogP contribution is 2.76. The third-order valence-corrected chi connectivity index (χ3v) is 12.8. The molecule has 0 aromatic rings. The highest BCUT2D eigenvalue weighted by molar-refractivity contribution is 5.33. The Bertz CT molecular complexity index is 964. The number of piperidine rings is 2. The normalized spacial score (nSPS) is 68.0. The molecule has 0 amide bonds. The average molecular weight is 510 g/mol. The molecule has 0 aromatic carbocycles. The van der Waals surface area contributed by atoms with Gasteiger partial charge in [0.2, 0.25) is 0 Å². The summed E-state index contributed by atoms with van der Waals surface area (Å²) in [5.41, 5.74) is -4.88. The number of fused-ring (bicyclic) bond motifs is 5. The summed E-state index contributed by atoms with van der Waals surface area (Å²) >= 11 is 0. The Hall–Kier alpha value is -0.360. The van der Waals surface area contributed by atoms with Crippen molar-refractivity contribution in [3.05, 3.63) is 0 Å². The van der Waals surface area contributed by atoms with Gasteiger partial charge in [0.15, 0.2) is 5.79 Å². The fourth-order valence-corrected chi connectivity index (χ4v) is 11.4. The van der Waals surface area contributed by atoms with E-state index in [0.717, 1.165) is 19.4 Å². The van der Waals surface area contributed by atoms with Crippen molar-refractivity contribution in [2.75, 3.05) is 13.1 Å². The van der Waals surface area contributed by atoms with Crippen molar-refractivity contribution >= 4 is 0 Å². The summed E-state index contributed by atoms with van der Waals surface area (Å²) in [4.78, 5) is 2.30. The molecule has 7 rings (SSSR count). The van der Waals surface area contributed by atoms with Crippen LogP contribution in [0.2, 0.25) is 0 Å². The van der Waals surface area contributed by atoms with E-state index in [4.69, 9.17) is 4.74 Å². The smallest absolute Gasteiger partial charge is 0.196 e. The van der Waals surface area contributed by atoms with E-state index in [1.807, 2.05) is 6.92 Å². The molecule has 3 saturated heterocycles. The van der Waals surface area contributed by atoms with E-state index in [1.165, 1.54) is 0 Å². The summed E-state index contributed by atoms with van der Waals surface area (Å²) in [6.07, 6.45) is -1.92. The largest absolute Gasteiger partial charge is 0.393 e. The predicted molar refractivity (Wildman–Crippen MR) is 126 cm³/mol. The molecule has 0 aromatic heterocycles. The van der Waals surface area contributed by atoms with Crippen molar-refractivity contribution in [3.8, 4) is 0 Å². The standard InChI is InChI=1S/C27H43NO8/c1-12-4-5-17-24(3,33)19-13(11-28(17)10-12)14-9-25-21(26(14,34)22(32)20(19)31)15(29)8-16-23(25,2)7-6-18(30)27(16,35)36-25/h12-22,29-35H,4-11H2,1-3H3/t12-,13-,14-,15+,16-,17-,18-,19+,20+,21+,22-,23-,24+,25+,26-,27?/m0/s1. The van der Waals surface area contributed by atoms with Crippen molar-refractivity contribution in [2.24, 2.45) is 40.9 Å². The SMILES string of the molecule is C[C@H]1CC[C@@H]2N(C1)C[C@@H]1[C@H]([C@@H](O)[C@H](O)[C@]3(O)[C@H]1C[C@@]14OC5(O)[C@@H](C[C@@H](O)[C@@H]31)[C@]4(C)CC[C@@H]5O)[C@]2(C)O. The second-order valence-corrected chi connectivity index (χ2v) is 14.2. The van der Waals surface area contributed by atoms with Crippen LogP contribution in [0.3, 0.4) is 0 Å². The molecule has 1 spiro atoms. The lowest BCUT2D eigenvalue weighted by Crippen LogP contribution is -2.76. The van der Waals surface area contributed by atoms with Crippen molar-refractivity contribution in [2.45, 2.75) is 112 Å². The summed E-state index contributed by atoms with van der Waals surface area (Å²) in [7, 11) is 0. The molecule has 9 nitrogen and oxygen atoms in total. The van der Waals surface area contributed by atoms with Crippen LogP contribution in [0.15, 0.2) is 0 Å². The lowest BCUT2D eigenvalue weighted by Gasteiger charge is -2.63. The lowest BCUT2D eigenvalue weighted by molar-refractivity contribution is -0.295. The first-order chi connectivity index (χ1) is 16.7. The van der Waals surface area contributed by atoms with Crippen LogP contribution in [0.5, 0.6) is 0 Å². The molecule has 4 saturated carbocycles. The minimum Gasteiger partial charge on any atom is -0.393 e. The predicted octanol–water partition coefficient (Wildman–Crippen LogP) is -0.814. The monoisotopic (exact) mass is 509 g/mol. The first-order valence-corrected chi connectivity index (χ1v) is 14.1. The Kier molecular flexibility index (Phi) is 4.82. The molecule has 7 aliphatic rings. The van der Waals surface area contributed by atoms with Gasteiger partial charge in [0.25, 0.3) is 0 Å². The topological polar surface area (TPSA) is 154 Å². The van der Waals surface area contributed by atoms with Crippen LogP contribution >= 0.6 is 0 Å². The van der Waals surface area contributed by atoms with E-state index < -0.39 is 76.1 Å². The maximum Gasteiger partial charge on any atom is 0.196 e. The van der Waals surface area contributed by atoms with Gasteiger partial charge in [-0.3, -0.25) is 4.90 Å². The summed E-state index contributed by atoms with van der Waals surface area (Å²) < 4.78 is 6.51. The van der Waals surface area contributed by atoms with E-state index in [2.05, 4.69) is 11.8 Å². The molecule has 4 bridgehead atoms. The number of nitrogens with zero attached hydrogens (tertiary/aromatic N) is 1. The Balaban J connectivity index is 1.37. The fraction of sp³-hybridized carbons (Fsp3) is 1.00. The van der Waals surface area contributed by atoms with Crippen molar-refractivity contribution in [3.63, 3.8) is 0 Å². The number of hydrogen-bond donors (Lipinski definition) is 7. The van der Waals surface area contributed by atoms with Gasteiger partial charge >= 0.3 is 0 Å². The molecule has 16 atom stereocenters. The van der Waals surface area contributed by atoms with Crippen LogP contribution in [0.25, 0.3) is 0 Å². The molecule has 9 heteroatoms. The van der Waals surface area contributed by atoms with E-state index in [9.17, 15) is 35.7 Å². The average Bonchev–Trinajstić information content (AvgIpc) is 3.08.